The van der Waals surface area contributed by atoms with Crippen molar-refractivity contribution in [2.24, 2.45) is 0 Å². The van der Waals surface area contributed by atoms with E-state index in [0.29, 0.717) is 17.9 Å². The molecule has 2 heterocycles. The highest BCUT2D eigenvalue weighted by atomic mass is 35.5. The molecule has 1 spiro atoms. The molecule has 0 aromatic carbocycles. The second-order valence-corrected chi connectivity index (χ2v) is 7.38. The fourth-order valence-electron chi connectivity index (χ4n) is 3.41. The zero-order chi connectivity index (χ0) is 20.3. The number of nitrogens with zero attached hydrogens (tertiary/aromatic N) is 2. The van der Waals surface area contributed by atoms with Gasteiger partial charge in [-0.2, -0.15) is 0 Å². The average molecular weight is 409 g/mol. The maximum atomic E-state index is 12.7. The Morgan fingerprint density at radius 2 is 2.04 bits per heavy atom. The standard InChI is InChI=1S/C18H21ClN4O5/c1-11(15(25)21-13-6-5-12(19)9-20-13)28-14(24)10-23-16(26)18(22-17(23)27)7-3-2-4-8-18/h5-6,9,11H,2-4,7-8,10H2,1H3,(H,22,27)(H,20,21,25)/t11-/m0/s1. The van der Waals surface area contributed by atoms with Crippen LogP contribution in [-0.4, -0.2) is 51.9 Å². The zero-order valence-corrected chi connectivity index (χ0v) is 16.1. The first-order valence-corrected chi connectivity index (χ1v) is 9.44. The highest BCUT2D eigenvalue weighted by Gasteiger charge is 2.51. The van der Waals surface area contributed by atoms with Gasteiger partial charge in [-0.1, -0.05) is 30.9 Å². The second-order valence-electron chi connectivity index (χ2n) is 6.95. The minimum atomic E-state index is -1.13. The number of rotatable bonds is 5. The number of carbonyl (C=O) groups is 4. The molecule has 1 saturated heterocycles. The molecule has 0 radical (unpaired) electrons. The Kier molecular flexibility index (Phi) is 5.83. The summed E-state index contributed by atoms with van der Waals surface area (Å²) in [4.78, 5) is 53.9. The van der Waals surface area contributed by atoms with Crippen LogP contribution in [-0.2, 0) is 19.1 Å². The minimum absolute atomic E-state index is 0.255. The quantitative estimate of drug-likeness (QED) is 0.567. The van der Waals surface area contributed by atoms with Gasteiger partial charge in [-0.25, -0.2) is 9.78 Å². The Labute approximate surface area is 166 Å². The lowest BCUT2D eigenvalue weighted by Gasteiger charge is -2.30. The summed E-state index contributed by atoms with van der Waals surface area (Å²) in [6, 6.07) is 2.46. The van der Waals surface area contributed by atoms with E-state index < -0.39 is 42.0 Å². The van der Waals surface area contributed by atoms with E-state index in [0.717, 1.165) is 24.2 Å². The molecule has 9 nitrogen and oxygen atoms in total. The van der Waals surface area contributed by atoms with Gasteiger partial charge in [0, 0.05) is 6.20 Å². The lowest BCUT2D eigenvalue weighted by Crippen LogP contribution is -2.48. The molecule has 0 unspecified atom stereocenters. The van der Waals surface area contributed by atoms with Gasteiger partial charge in [0.05, 0.1) is 5.02 Å². The molecular formula is C18H21ClN4O5. The van der Waals surface area contributed by atoms with Gasteiger partial charge < -0.3 is 15.4 Å². The summed E-state index contributed by atoms with van der Waals surface area (Å²) in [6.45, 7) is 0.848. The molecule has 1 saturated carbocycles. The van der Waals surface area contributed by atoms with Crippen LogP contribution in [0.2, 0.25) is 5.02 Å². The molecule has 2 N–H and O–H groups in total. The molecule has 0 bridgehead atoms. The third-order valence-electron chi connectivity index (χ3n) is 4.90. The summed E-state index contributed by atoms with van der Waals surface area (Å²) in [6.07, 6.45) is 4.08. The largest absolute Gasteiger partial charge is 0.451 e. The summed E-state index contributed by atoms with van der Waals surface area (Å²) in [5.74, 6) is -1.59. The van der Waals surface area contributed by atoms with E-state index in [1.165, 1.54) is 19.2 Å². The van der Waals surface area contributed by atoms with E-state index in [4.69, 9.17) is 16.3 Å². The Hall–Kier alpha value is -2.68. The number of amides is 4. The molecule has 150 valence electrons. The monoisotopic (exact) mass is 408 g/mol. The summed E-state index contributed by atoms with van der Waals surface area (Å²) >= 11 is 5.73. The molecule has 1 atom stereocenters. The maximum absolute atomic E-state index is 12.7. The number of hydrogen-bond donors (Lipinski definition) is 2. The number of urea groups is 1. The van der Waals surface area contributed by atoms with Gasteiger partial charge in [-0.05, 0) is 31.9 Å². The van der Waals surface area contributed by atoms with Crippen molar-refractivity contribution in [2.75, 3.05) is 11.9 Å². The van der Waals surface area contributed by atoms with E-state index in [1.54, 1.807) is 6.07 Å². The third kappa shape index (κ3) is 4.24. The molecule has 10 heteroatoms. The molecule has 1 aromatic rings. The first-order chi connectivity index (χ1) is 13.3. The second kappa shape index (κ2) is 8.14. The van der Waals surface area contributed by atoms with Crippen molar-refractivity contribution in [3.63, 3.8) is 0 Å². The van der Waals surface area contributed by atoms with Crippen LogP contribution in [0.5, 0.6) is 0 Å². The average Bonchev–Trinajstić information content (AvgIpc) is 2.88. The molecule has 3 rings (SSSR count). The first kappa shape index (κ1) is 20.1. The van der Waals surface area contributed by atoms with Crippen molar-refractivity contribution in [1.82, 2.24) is 15.2 Å². The summed E-state index contributed by atoms with van der Waals surface area (Å²) < 4.78 is 5.06. The van der Waals surface area contributed by atoms with E-state index in [2.05, 4.69) is 15.6 Å². The van der Waals surface area contributed by atoms with E-state index >= 15 is 0 Å². The number of carbonyl (C=O) groups excluding carboxylic acids is 4. The smallest absolute Gasteiger partial charge is 0.327 e. The number of hydrogen-bond acceptors (Lipinski definition) is 6. The molecule has 2 fully saturated rings. The van der Waals surface area contributed by atoms with Crippen LogP contribution in [0.1, 0.15) is 39.0 Å². The molecule has 1 aromatic heterocycles. The topological polar surface area (TPSA) is 118 Å². The van der Waals surface area contributed by atoms with E-state index in [-0.39, 0.29) is 5.82 Å². The third-order valence-corrected chi connectivity index (χ3v) is 5.12. The Balaban J connectivity index is 1.54. The molecular weight excluding hydrogens is 388 g/mol. The Morgan fingerprint density at radius 3 is 2.68 bits per heavy atom. The Bertz CT molecular complexity index is 792. The number of esters is 1. The van der Waals surface area contributed by atoms with Crippen LogP contribution in [0.25, 0.3) is 0 Å². The van der Waals surface area contributed by atoms with E-state index in [9.17, 15) is 19.2 Å². The van der Waals surface area contributed by atoms with Crippen LogP contribution < -0.4 is 10.6 Å². The number of imide groups is 1. The lowest BCUT2D eigenvalue weighted by molar-refractivity contribution is -0.155. The van der Waals surface area contributed by atoms with Gasteiger partial charge in [0.25, 0.3) is 11.8 Å². The highest BCUT2D eigenvalue weighted by molar-refractivity contribution is 6.30. The summed E-state index contributed by atoms with van der Waals surface area (Å²) in [7, 11) is 0. The minimum Gasteiger partial charge on any atom is -0.451 e. The van der Waals surface area contributed by atoms with Crippen LogP contribution in [0.3, 0.4) is 0 Å². The normalized spacial score (nSPS) is 19.3. The fourth-order valence-corrected chi connectivity index (χ4v) is 3.52. The van der Waals surface area contributed by atoms with Crippen molar-refractivity contribution < 1.29 is 23.9 Å². The lowest BCUT2D eigenvalue weighted by atomic mass is 9.82. The van der Waals surface area contributed by atoms with Crippen LogP contribution in [0.15, 0.2) is 18.3 Å². The SMILES string of the molecule is C[C@H](OC(=O)CN1C(=O)NC2(CCCCC2)C1=O)C(=O)Nc1ccc(Cl)cn1. The summed E-state index contributed by atoms with van der Waals surface area (Å²) in [5, 5.41) is 5.62. The molecule has 2 aliphatic rings. The van der Waals surface area contributed by atoms with Crippen molar-refractivity contribution >= 4 is 41.2 Å². The number of pyridine rings is 1. The molecule has 1 aliphatic heterocycles. The Morgan fingerprint density at radius 1 is 1.32 bits per heavy atom. The number of ether oxygens (including phenoxy) is 1. The van der Waals surface area contributed by atoms with Crippen molar-refractivity contribution in [1.29, 1.82) is 0 Å². The van der Waals surface area contributed by atoms with Crippen LogP contribution in [0.4, 0.5) is 10.6 Å². The van der Waals surface area contributed by atoms with Gasteiger partial charge in [0.2, 0.25) is 0 Å². The maximum Gasteiger partial charge on any atom is 0.327 e. The van der Waals surface area contributed by atoms with Crippen LogP contribution in [0, 0.1) is 0 Å². The van der Waals surface area contributed by atoms with E-state index in [1.807, 2.05) is 0 Å². The predicted octanol–water partition coefficient (Wildman–Crippen LogP) is 1.86. The zero-order valence-electron chi connectivity index (χ0n) is 15.4. The van der Waals surface area contributed by atoms with Crippen molar-refractivity contribution in [3.05, 3.63) is 23.4 Å². The first-order valence-electron chi connectivity index (χ1n) is 9.07. The van der Waals surface area contributed by atoms with Gasteiger partial charge in [0.15, 0.2) is 6.10 Å². The van der Waals surface area contributed by atoms with Crippen molar-refractivity contribution in [3.8, 4) is 0 Å². The number of anilines is 1. The van der Waals surface area contributed by atoms with Gasteiger partial charge in [-0.3, -0.25) is 19.3 Å². The fraction of sp³-hybridized carbons (Fsp3) is 0.500. The highest BCUT2D eigenvalue weighted by Crippen LogP contribution is 2.33. The van der Waals surface area contributed by atoms with Crippen molar-refractivity contribution in [2.45, 2.75) is 50.7 Å². The molecule has 1 aliphatic carbocycles. The van der Waals surface area contributed by atoms with Gasteiger partial charge in [-0.15, -0.1) is 0 Å². The molecule has 4 amide bonds. The number of aromatic nitrogens is 1. The molecule has 28 heavy (non-hydrogen) atoms. The predicted molar refractivity (Wildman–Crippen MR) is 99.5 cm³/mol. The number of halogens is 1. The number of nitrogens with one attached hydrogen (secondary N) is 2. The van der Waals surface area contributed by atoms with Gasteiger partial charge in [0.1, 0.15) is 17.9 Å². The van der Waals surface area contributed by atoms with Gasteiger partial charge >= 0.3 is 12.0 Å². The summed E-state index contributed by atoms with van der Waals surface area (Å²) in [5.41, 5.74) is -0.904. The van der Waals surface area contributed by atoms with Crippen LogP contribution >= 0.6 is 11.6 Å².